The van der Waals surface area contributed by atoms with E-state index in [-0.39, 0.29) is 24.1 Å². The van der Waals surface area contributed by atoms with Gasteiger partial charge >= 0.3 is 11.8 Å². The van der Waals surface area contributed by atoms with Gasteiger partial charge in [0, 0.05) is 77.8 Å². The van der Waals surface area contributed by atoms with Crippen molar-refractivity contribution < 1.29 is 23.5 Å². The highest BCUT2D eigenvalue weighted by atomic mass is 19.1. The third kappa shape index (κ3) is 5.72. The number of nitrogens with zero attached hydrogens (tertiary/aromatic N) is 5. The smallest absolute Gasteiger partial charge is 0.410 e. The summed E-state index contributed by atoms with van der Waals surface area (Å²) in [5.41, 5.74) is 0.130. The molecule has 218 valence electrons. The van der Waals surface area contributed by atoms with Crippen LogP contribution >= 0.6 is 0 Å². The van der Waals surface area contributed by atoms with Gasteiger partial charge in [-0.1, -0.05) is 0 Å². The first-order chi connectivity index (χ1) is 18.8. The van der Waals surface area contributed by atoms with Gasteiger partial charge in [-0.2, -0.15) is 0 Å². The van der Waals surface area contributed by atoms with E-state index in [1.165, 1.54) is 9.13 Å². The molecule has 2 aromatic rings. The molecule has 0 aliphatic carbocycles. The van der Waals surface area contributed by atoms with Gasteiger partial charge in [0.2, 0.25) is 11.8 Å². The van der Waals surface area contributed by atoms with Crippen LogP contribution in [0.1, 0.15) is 52.5 Å². The number of benzene rings is 1. The number of nitrogens with one attached hydrogen (secondary N) is 1. The quantitative estimate of drug-likeness (QED) is 0.573. The van der Waals surface area contributed by atoms with Gasteiger partial charge in [-0.25, -0.2) is 14.0 Å². The second kappa shape index (κ2) is 10.5. The van der Waals surface area contributed by atoms with Crippen LogP contribution in [-0.2, 0) is 21.4 Å². The lowest BCUT2D eigenvalue weighted by Gasteiger charge is -2.42. The lowest BCUT2D eigenvalue weighted by atomic mass is 9.92. The Kier molecular flexibility index (Phi) is 7.41. The molecule has 3 aliphatic heterocycles. The number of hydrogen-bond acceptors (Lipinski definition) is 7. The number of amides is 3. The maximum atomic E-state index is 15.7. The molecule has 0 bridgehead atoms. The number of carbonyl (C=O) groups is 3. The number of halogens is 1. The zero-order valence-electron chi connectivity index (χ0n) is 23.7. The average molecular weight is 559 g/mol. The summed E-state index contributed by atoms with van der Waals surface area (Å²) in [4.78, 5) is 55.4. The molecule has 1 atom stereocenters. The first-order valence-electron chi connectivity index (χ1n) is 14.0. The van der Waals surface area contributed by atoms with Gasteiger partial charge in [0.1, 0.15) is 17.3 Å². The summed E-state index contributed by atoms with van der Waals surface area (Å²) in [6, 6.07) is 5.05. The molecule has 0 radical (unpaired) electrons. The number of alkyl halides is 1. The van der Waals surface area contributed by atoms with Crippen LogP contribution in [0.5, 0.6) is 0 Å². The summed E-state index contributed by atoms with van der Waals surface area (Å²) in [6.45, 7) is 9.35. The number of piperazine rings is 1. The number of likely N-dealkylation sites (tertiary alicyclic amines) is 1. The maximum Gasteiger partial charge on any atom is 0.410 e. The first-order valence-corrected chi connectivity index (χ1v) is 14.0. The van der Waals surface area contributed by atoms with Gasteiger partial charge in [-0.15, -0.1) is 0 Å². The summed E-state index contributed by atoms with van der Waals surface area (Å²) in [5.74, 6) is -0.770. The molecule has 3 saturated heterocycles. The molecule has 5 rings (SSSR count). The predicted octanol–water partition coefficient (Wildman–Crippen LogP) is 2.18. The minimum absolute atomic E-state index is 0.198. The number of piperidine rings is 2. The van der Waals surface area contributed by atoms with Crippen LogP contribution in [-0.4, -0.2) is 93.9 Å². The molecule has 3 fully saturated rings. The molecule has 1 unspecified atom stereocenters. The number of carbonyl (C=O) groups excluding carboxylic acids is 3. The molecule has 0 spiro atoms. The van der Waals surface area contributed by atoms with Crippen LogP contribution in [0.25, 0.3) is 11.0 Å². The molecule has 40 heavy (non-hydrogen) atoms. The number of ether oxygens (including phenoxy) is 1. The van der Waals surface area contributed by atoms with E-state index in [1.807, 2.05) is 39.0 Å². The fraction of sp³-hybridized carbons (Fsp3) is 0.643. The van der Waals surface area contributed by atoms with Gasteiger partial charge in [0.05, 0.1) is 11.0 Å². The van der Waals surface area contributed by atoms with E-state index >= 15 is 4.39 Å². The molecule has 0 saturated carbocycles. The number of aryl methyl sites for hydroxylation is 1. The van der Waals surface area contributed by atoms with Crippen molar-refractivity contribution in [2.45, 2.75) is 63.8 Å². The van der Waals surface area contributed by atoms with Crippen molar-refractivity contribution in [2.75, 3.05) is 50.7 Å². The van der Waals surface area contributed by atoms with Crippen molar-refractivity contribution in [3.05, 3.63) is 28.7 Å². The summed E-state index contributed by atoms with van der Waals surface area (Å²) in [6.07, 6.45) is 0.694. The maximum absolute atomic E-state index is 15.7. The van der Waals surface area contributed by atoms with Gasteiger partial charge in [0.15, 0.2) is 0 Å². The Balaban J connectivity index is 1.20. The summed E-state index contributed by atoms with van der Waals surface area (Å²) in [7, 11) is 1.68. The molecular weight excluding hydrogens is 519 g/mol. The molecule has 3 amide bonds. The van der Waals surface area contributed by atoms with E-state index in [0.29, 0.717) is 76.1 Å². The third-order valence-corrected chi connectivity index (χ3v) is 8.15. The zero-order chi connectivity index (χ0) is 28.8. The fourth-order valence-electron chi connectivity index (χ4n) is 5.92. The minimum atomic E-state index is -1.34. The van der Waals surface area contributed by atoms with E-state index in [1.54, 1.807) is 11.9 Å². The minimum Gasteiger partial charge on any atom is -0.444 e. The second-order valence-electron chi connectivity index (χ2n) is 12.2. The van der Waals surface area contributed by atoms with Gasteiger partial charge in [0.25, 0.3) is 0 Å². The molecule has 1 aromatic heterocycles. The standard InChI is InChI=1S/C28H39FN6O5/c1-27(2,3)40-26(39)34-11-9-28(29,10-12-34)18-32-13-15-33(16-14-32)19-5-6-20-22(17-19)31(4)25(38)35(20)21-7-8-23(36)30-24(21)37/h5-6,17,21H,7-16,18H2,1-4H3,(H,30,36,37). The van der Waals surface area contributed by atoms with Crippen molar-refractivity contribution in [1.29, 1.82) is 0 Å². The first kappa shape index (κ1) is 28.1. The highest BCUT2D eigenvalue weighted by Crippen LogP contribution is 2.30. The van der Waals surface area contributed by atoms with Crippen LogP contribution < -0.4 is 15.9 Å². The van der Waals surface area contributed by atoms with Crippen molar-refractivity contribution >= 4 is 34.6 Å². The normalized spacial score (nSPS) is 22.5. The molecule has 3 aliphatic rings. The van der Waals surface area contributed by atoms with Gasteiger partial charge in [-0.3, -0.25) is 28.9 Å². The summed E-state index contributed by atoms with van der Waals surface area (Å²) in [5, 5.41) is 2.33. The molecular formula is C28H39FN6O5. The van der Waals surface area contributed by atoms with E-state index in [2.05, 4.69) is 15.1 Å². The van der Waals surface area contributed by atoms with Crippen molar-refractivity contribution in [3.63, 3.8) is 0 Å². The van der Waals surface area contributed by atoms with E-state index in [4.69, 9.17) is 4.74 Å². The van der Waals surface area contributed by atoms with Gasteiger partial charge in [-0.05, 0) is 45.4 Å². The molecule has 4 heterocycles. The highest BCUT2D eigenvalue weighted by molar-refractivity contribution is 6.00. The lowest BCUT2D eigenvalue weighted by molar-refractivity contribution is -0.135. The molecule has 1 N–H and O–H groups in total. The van der Waals surface area contributed by atoms with Crippen LogP contribution in [0.15, 0.2) is 23.0 Å². The van der Waals surface area contributed by atoms with Crippen molar-refractivity contribution in [1.82, 2.24) is 24.3 Å². The third-order valence-electron chi connectivity index (χ3n) is 8.15. The Labute approximate surface area is 232 Å². The van der Waals surface area contributed by atoms with Crippen LogP contribution in [0, 0.1) is 0 Å². The Morgan fingerprint density at radius 3 is 2.35 bits per heavy atom. The SMILES string of the molecule is Cn1c(=O)n(C2CCC(=O)NC2=O)c2ccc(N3CCN(CC4(F)CCN(C(=O)OC(C)(C)C)CC4)CC3)cc21. The number of anilines is 1. The predicted molar refractivity (Wildman–Crippen MR) is 148 cm³/mol. The molecule has 11 nitrogen and oxygen atoms in total. The summed E-state index contributed by atoms with van der Waals surface area (Å²) < 4.78 is 24.1. The average Bonchev–Trinajstić information content (AvgIpc) is 3.13. The zero-order valence-corrected chi connectivity index (χ0v) is 23.7. The van der Waals surface area contributed by atoms with Crippen LogP contribution in [0.3, 0.4) is 0 Å². The number of rotatable bonds is 4. The lowest BCUT2D eigenvalue weighted by Crippen LogP contribution is -2.54. The second-order valence-corrected chi connectivity index (χ2v) is 12.2. The van der Waals surface area contributed by atoms with E-state index in [9.17, 15) is 19.2 Å². The largest absolute Gasteiger partial charge is 0.444 e. The van der Waals surface area contributed by atoms with Gasteiger partial charge < -0.3 is 14.5 Å². The fourth-order valence-corrected chi connectivity index (χ4v) is 5.92. The molecule has 12 heteroatoms. The Morgan fingerprint density at radius 2 is 1.73 bits per heavy atom. The summed E-state index contributed by atoms with van der Waals surface area (Å²) >= 11 is 0. The monoisotopic (exact) mass is 558 g/mol. The highest BCUT2D eigenvalue weighted by Gasteiger charge is 2.39. The number of fused-ring (bicyclic) bond motifs is 1. The van der Waals surface area contributed by atoms with Crippen molar-refractivity contribution in [3.8, 4) is 0 Å². The van der Waals surface area contributed by atoms with Crippen LogP contribution in [0.2, 0.25) is 0 Å². The van der Waals surface area contributed by atoms with Crippen LogP contribution in [0.4, 0.5) is 14.9 Å². The van der Waals surface area contributed by atoms with Crippen molar-refractivity contribution in [2.24, 2.45) is 7.05 Å². The number of imidazole rings is 1. The van der Waals surface area contributed by atoms with E-state index in [0.717, 1.165) is 5.69 Å². The number of aromatic nitrogens is 2. The molecule has 1 aromatic carbocycles. The van der Waals surface area contributed by atoms with E-state index < -0.39 is 23.2 Å². The topological polar surface area (TPSA) is 109 Å². The Bertz CT molecular complexity index is 1360. The Hall–Kier alpha value is -3.41. The number of hydrogen-bond donors (Lipinski definition) is 1. The Morgan fingerprint density at radius 1 is 1.05 bits per heavy atom. The number of imide groups is 1.